The average molecular weight is 476 g/mol. The first-order valence-corrected chi connectivity index (χ1v) is 12.5. The van der Waals surface area contributed by atoms with E-state index in [1.165, 1.54) is 28.7 Å². The van der Waals surface area contributed by atoms with Crippen molar-refractivity contribution in [3.8, 4) is 0 Å². The van der Waals surface area contributed by atoms with Crippen molar-refractivity contribution in [3.05, 3.63) is 83.9 Å². The van der Waals surface area contributed by atoms with Gasteiger partial charge in [-0.05, 0) is 54.8 Å². The van der Waals surface area contributed by atoms with E-state index in [0.29, 0.717) is 18.0 Å². The maximum atomic E-state index is 12.9. The van der Waals surface area contributed by atoms with Crippen molar-refractivity contribution >= 4 is 55.9 Å². The molecule has 3 aromatic carbocycles. The summed E-state index contributed by atoms with van der Waals surface area (Å²) in [6, 6.07) is 23.3. The van der Waals surface area contributed by atoms with Gasteiger partial charge in [-0.25, -0.2) is 4.98 Å². The highest BCUT2D eigenvalue weighted by Gasteiger charge is 2.20. The highest BCUT2D eigenvalue weighted by molar-refractivity contribution is 8.00. The largest absolute Gasteiger partial charge is 0.326 e. The summed E-state index contributed by atoms with van der Waals surface area (Å²) in [5, 5.41) is 6.27. The van der Waals surface area contributed by atoms with E-state index in [0.717, 1.165) is 26.4 Å². The molecule has 4 aromatic rings. The smallest absolute Gasteiger partial charge is 0.239 e. The fourth-order valence-corrected chi connectivity index (χ4v) is 5.37. The Morgan fingerprint density at radius 1 is 1.00 bits per heavy atom. The van der Waals surface area contributed by atoms with Gasteiger partial charge in [0.25, 0.3) is 0 Å². The molecule has 0 aliphatic heterocycles. The molecule has 0 fully saturated rings. The first-order chi connectivity index (χ1) is 16.0. The molecule has 5 nitrogen and oxygen atoms in total. The maximum Gasteiger partial charge on any atom is 0.239 e. The summed E-state index contributed by atoms with van der Waals surface area (Å²) in [6.07, 6.45) is 0.991. The summed E-state index contributed by atoms with van der Waals surface area (Å²) in [5.41, 5.74) is 3.74. The van der Waals surface area contributed by atoms with E-state index in [9.17, 15) is 9.59 Å². The van der Waals surface area contributed by atoms with Crippen LogP contribution in [-0.2, 0) is 16.0 Å². The second-order valence-electron chi connectivity index (χ2n) is 7.73. The molecule has 0 radical (unpaired) electrons. The number of aromatic nitrogens is 1. The van der Waals surface area contributed by atoms with E-state index in [-0.39, 0.29) is 17.1 Å². The number of aryl methyl sites for hydroxylation is 1. The lowest BCUT2D eigenvalue weighted by atomic mass is 10.1. The number of carbonyl (C=O) groups is 2. The van der Waals surface area contributed by atoms with Crippen LogP contribution in [0, 0.1) is 6.92 Å². The Bertz CT molecular complexity index is 1270. The highest BCUT2D eigenvalue weighted by atomic mass is 32.2. The topological polar surface area (TPSA) is 71.1 Å². The van der Waals surface area contributed by atoms with Crippen molar-refractivity contribution < 1.29 is 9.59 Å². The molecule has 0 saturated heterocycles. The fraction of sp³-hybridized carbons (Fsp3) is 0.192. The lowest BCUT2D eigenvalue weighted by Gasteiger charge is -2.14. The Balaban J connectivity index is 1.38. The number of hydrogen-bond donors (Lipinski definition) is 2. The van der Waals surface area contributed by atoms with E-state index >= 15 is 0 Å². The Labute approximate surface area is 201 Å². The van der Waals surface area contributed by atoms with Gasteiger partial charge in [-0.2, -0.15) is 0 Å². The first-order valence-electron chi connectivity index (χ1n) is 10.8. The standard InChI is InChI=1S/C26H25N3O2S2/c1-3-22(25(31)29-26-28-21-13-12-17(2)14-23(21)33-26)32-20-11-7-10-19(16-20)27-24(30)15-18-8-5-4-6-9-18/h4-14,16,22H,3,15H2,1-2H3,(H,27,30)(H,28,29,31). The van der Waals surface area contributed by atoms with Gasteiger partial charge in [0.05, 0.1) is 21.9 Å². The molecule has 0 spiro atoms. The lowest BCUT2D eigenvalue weighted by Crippen LogP contribution is -2.24. The Morgan fingerprint density at radius 3 is 2.61 bits per heavy atom. The molecule has 0 aliphatic rings. The van der Waals surface area contributed by atoms with E-state index in [2.05, 4.69) is 21.7 Å². The van der Waals surface area contributed by atoms with Gasteiger partial charge in [0.2, 0.25) is 11.8 Å². The molecule has 1 unspecified atom stereocenters. The third-order valence-electron chi connectivity index (χ3n) is 5.04. The number of nitrogens with zero attached hydrogens (tertiary/aromatic N) is 1. The van der Waals surface area contributed by atoms with Gasteiger partial charge >= 0.3 is 0 Å². The number of anilines is 2. The molecule has 1 atom stereocenters. The summed E-state index contributed by atoms with van der Waals surface area (Å²) in [5.74, 6) is -0.143. The summed E-state index contributed by atoms with van der Waals surface area (Å²) in [7, 11) is 0. The normalized spacial score (nSPS) is 11.8. The molecule has 7 heteroatoms. The van der Waals surface area contributed by atoms with Gasteiger partial charge < -0.3 is 10.6 Å². The molecule has 0 saturated carbocycles. The van der Waals surface area contributed by atoms with E-state index < -0.39 is 0 Å². The zero-order chi connectivity index (χ0) is 23.2. The number of benzene rings is 3. The molecule has 1 heterocycles. The van der Waals surface area contributed by atoms with Crippen LogP contribution in [0.25, 0.3) is 10.2 Å². The number of rotatable bonds is 8. The average Bonchev–Trinajstić information content (AvgIpc) is 3.19. The summed E-state index contributed by atoms with van der Waals surface area (Å²) < 4.78 is 1.06. The second kappa shape index (κ2) is 10.6. The van der Waals surface area contributed by atoms with Crippen LogP contribution in [0.15, 0.2) is 77.7 Å². The second-order valence-corrected chi connectivity index (χ2v) is 10.0. The van der Waals surface area contributed by atoms with Crippen LogP contribution >= 0.6 is 23.1 Å². The zero-order valence-corrected chi connectivity index (χ0v) is 20.1. The molecule has 33 heavy (non-hydrogen) atoms. The fourth-order valence-electron chi connectivity index (χ4n) is 3.39. The number of thioether (sulfide) groups is 1. The number of amides is 2. The van der Waals surface area contributed by atoms with E-state index in [1.807, 2.05) is 80.6 Å². The van der Waals surface area contributed by atoms with Gasteiger partial charge in [-0.3, -0.25) is 9.59 Å². The van der Waals surface area contributed by atoms with Gasteiger partial charge in [-0.1, -0.05) is 60.7 Å². The number of fused-ring (bicyclic) bond motifs is 1. The Morgan fingerprint density at radius 2 is 1.82 bits per heavy atom. The van der Waals surface area contributed by atoms with Crippen LogP contribution in [0.4, 0.5) is 10.8 Å². The van der Waals surface area contributed by atoms with Crippen molar-refractivity contribution in [1.29, 1.82) is 0 Å². The van der Waals surface area contributed by atoms with Crippen LogP contribution in [0.1, 0.15) is 24.5 Å². The minimum atomic E-state index is -0.269. The van der Waals surface area contributed by atoms with Gasteiger partial charge in [0.1, 0.15) is 0 Å². The monoisotopic (exact) mass is 475 g/mol. The minimum Gasteiger partial charge on any atom is -0.326 e. The van der Waals surface area contributed by atoms with Crippen LogP contribution in [0.3, 0.4) is 0 Å². The van der Waals surface area contributed by atoms with Gasteiger partial charge in [-0.15, -0.1) is 11.8 Å². The third kappa shape index (κ3) is 6.21. The van der Waals surface area contributed by atoms with Crippen molar-refractivity contribution in [3.63, 3.8) is 0 Å². The number of carbonyl (C=O) groups excluding carboxylic acids is 2. The predicted octanol–water partition coefficient (Wildman–Crippen LogP) is 6.30. The SMILES string of the molecule is CCC(Sc1cccc(NC(=O)Cc2ccccc2)c1)C(=O)Nc1nc2ccc(C)cc2s1. The van der Waals surface area contributed by atoms with Crippen LogP contribution in [0.2, 0.25) is 0 Å². The Kier molecular flexibility index (Phi) is 7.42. The molecule has 0 bridgehead atoms. The summed E-state index contributed by atoms with van der Waals surface area (Å²) in [6.45, 7) is 4.03. The van der Waals surface area contributed by atoms with Crippen molar-refractivity contribution in [2.24, 2.45) is 0 Å². The Hall–Kier alpha value is -3.16. The molecular weight excluding hydrogens is 450 g/mol. The van der Waals surface area contributed by atoms with E-state index in [4.69, 9.17) is 0 Å². The summed E-state index contributed by atoms with van der Waals surface area (Å²) in [4.78, 5) is 30.8. The van der Waals surface area contributed by atoms with Gasteiger partial charge in [0, 0.05) is 10.6 Å². The predicted molar refractivity (Wildman–Crippen MR) is 138 cm³/mol. The zero-order valence-electron chi connectivity index (χ0n) is 18.5. The number of thiazole rings is 1. The van der Waals surface area contributed by atoms with E-state index in [1.54, 1.807) is 0 Å². The molecule has 2 amide bonds. The molecule has 2 N–H and O–H groups in total. The lowest BCUT2D eigenvalue weighted by molar-refractivity contribution is -0.116. The maximum absolute atomic E-state index is 12.9. The minimum absolute atomic E-state index is 0.0702. The van der Waals surface area contributed by atoms with Gasteiger partial charge in [0.15, 0.2) is 5.13 Å². The molecular formula is C26H25N3O2S2. The van der Waals surface area contributed by atoms with Crippen molar-refractivity contribution in [2.45, 2.75) is 36.8 Å². The third-order valence-corrected chi connectivity index (χ3v) is 7.33. The first kappa shape index (κ1) is 23.0. The summed E-state index contributed by atoms with van der Waals surface area (Å²) >= 11 is 2.97. The quantitative estimate of drug-likeness (QED) is 0.294. The molecule has 1 aromatic heterocycles. The molecule has 0 aliphatic carbocycles. The molecule has 4 rings (SSSR count). The molecule has 168 valence electrons. The van der Waals surface area contributed by atoms with Crippen LogP contribution in [-0.4, -0.2) is 22.0 Å². The van der Waals surface area contributed by atoms with Crippen LogP contribution < -0.4 is 10.6 Å². The number of hydrogen-bond acceptors (Lipinski definition) is 5. The van der Waals surface area contributed by atoms with Crippen molar-refractivity contribution in [1.82, 2.24) is 4.98 Å². The van der Waals surface area contributed by atoms with Crippen LogP contribution in [0.5, 0.6) is 0 Å². The highest BCUT2D eigenvalue weighted by Crippen LogP contribution is 2.31. The van der Waals surface area contributed by atoms with Crippen molar-refractivity contribution in [2.75, 3.05) is 10.6 Å². The number of nitrogens with one attached hydrogen (secondary N) is 2.